The van der Waals surface area contributed by atoms with E-state index in [2.05, 4.69) is 0 Å². The summed E-state index contributed by atoms with van der Waals surface area (Å²) in [5, 5.41) is 0. The van der Waals surface area contributed by atoms with Gasteiger partial charge in [-0.1, -0.05) is 12.1 Å². The van der Waals surface area contributed by atoms with E-state index >= 15 is 0 Å². The molecule has 0 aromatic heterocycles. The molecule has 1 heterocycles. The van der Waals surface area contributed by atoms with Crippen LogP contribution in [0.5, 0.6) is 0 Å². The molecule has 2 rings (SSSR count). The summed E-state index contributed by atoms with van der Waals surface area (Å²) in [7, 11) is 0. The topological polar surface area (TPSA) is 9.23 Å². The first kappa shape index (κ1) is 8.70. The second kappa shape index (κ2) is 2.55. The lowest BCUT2D eigenvalue weighted by Gasteiger charge is -2.19. The summed E-state index contributed by atoms with van der Waals surface area (Å²) in [6.45, 7) is 5.75. The molecule has 0 fully saturated rings. The van der Waals surface area contributed by atoms with Crippen LogP contribution in [0.4, 0.5) is 4.39 Å². The number of halogens is 1. The molecule has 1 aromatic carbocycles. The fourth-order valence-electron chi connectivity index (χ4n) is 2.08. The van der Waals surface area contributed by atoms with Crippen molar-refractivity contribution in [2.24, 2.45) is 0 Å². The van der Waals surface area contributed by atoms with E-state index in [4.69, 9.17) is 4.74 Å². The van der Waals surface area contributed by atoms with E-state index < -0.39 is 5.60 Å². The Balaban J connectivity index is 2.66. The second-order valence-electron chi connectivity index (χ2n) is 3.97. The highest BCUT2D eigenvalue weighted by molar-refractivity contribution is 5.37. The second-order valence-corrected chi connectivity index (χ2v) is 3.97. The third-order valence-electron chi connectivity index (χ3n) is 2.56. The van der Waals surface area contributed by atoms with Gasteiger partial charge in [-0.05, 0) is 32.4 Å². The summed E-state index contributed by atoms with van der Waals surface area (Å²) >= 11 is 0. The zero-order valence-electron chi connectivity index (χ0n) is 8.10. The minimum Gasteiger partial charge on any atom is -0.363 e. The van der Waals surface area contributed by atoms with E-state index in [1.807, 2.05) is 26.8 Å². The lowest BCUT2D eigenvalue weighted by Crippen LogP contribution is -2.16. The number of hydrogen-bond donors (Lipinski definition) is 0. The molecule has 2 heteroatoms. The molecule has 0 saturated carbocycles. The standard InChI is InChI=1S/C11H13FO/c1-7-8-5-4-6-9(12)10(8)11(2,3)13-7/h4-7H,1-3H3. The van der Waals surface area contributed by atoms with Crippen LogP contribution in [0.2, 0.25) is 0 Å². The fourth-order valence-corrected chi connectivity index (χ4v) is 2.08. The molecule has 1 unspecified atom stereocenters. The molecule has 1 nitrogen and oxygen atoms in total. The smallest absolute Gasteiger partial charge is 0.129 e. The highest BCUT2D eigenvalue weighted by atomic mass is 19.1. The lowest BCUT2D eigenvalue weighted by molar-refractivity contribution is -0.0448. The van der Waals surface area contributed by atoms with Crippen LogP contribution in [0, 0.1) is 5.82 Å². The molecule has 0 saturated heterocycles. The molecule has 0 aliphatic carbocycles. The van der Waals surface area contributed by atoms with Gasteiger partial charge in [0.15, 0.2) is 0 Å². The van der Waals surface area contributed by atoms with E-state index in [1.54, 1.807) is 6.07 Å². The van der Waals surface area contributed by atoms with Crippen LogP contribution in [0.25, 0.3) is 0 Å². The maximum Gasteiger partial charge on any atom is 0.129 e. The van der Waals surface area contributed by atoms with Crippen LogP contribution in [-0.4, -0.2) is 0 Å². The van der Waals surface area contributed by atoms with Gasteiger partial charge in [0.05, 0.1) is 11.7 Å². The van der Waals surface area contributed by atoms with Crippen molar-refractivity contribution in [3.05, 3.63) is 35.1 Å². The number of fused-ring (bicyclic) bond motifs is 1. The fraction of sp³-hybridized carbons (Fsp3) is 0.455. The van der Waals surface area contributed by atoms with Crippen LogP contribution in [0.3, 0.4) is 0 Å². The van der Waals surface area contributed by atoms with Crippen molar-refractivity contribution in [1.82, 2.24) is 0 Å². The van der Waals surface area contributed by atoms with Crippen molar-refractivity contribution in [2.45, 2.75) is 32.5 Å². The van der Waals surface area contributed by atoms with Crippen LogP contribution in [0.15, 0.2) is 18.2 Å². The first-order chi connectivity index (χ1) is 6.02. The molecule has 13 heavy (non-hydrogen) atoms. The first-order valence-electron chi connectivity index (χ1n) is 4.49. The number of ether oxygens (including phenoxy) is 1. The maximum absolute atomic E-state index is 13.5. The van der Waals surface area contributed by atoms with Gasteiger partial charge in [-0.25, -0.2) is 4.39 Å². The first-order valence-corrected chi connectivity index (χ1v) is 4.49. The Morgan fingerprint density at radius 1 is 1.38 bits per heavy atom. The third kappa shape index (κ3) is 1.17. The van der Waals surface area contributed by atoms with Gasteiger partial charge < -0.3 is 4.74 Å². The molecule has 1 atom stereocenters. The number of rotatable bonds is 0. The van der Waals surface area contributed by atoms with Gasteiger partial charge >= 0.3 is 0 Å². The van der Waals surface area contributed by atoms with Gasteiger partial charge in [0.1, 0.15) is 5.82 Å². The van der Waals surface area contributed by atoms with Crippen molar-refractivity contribution in [3.63, 3.8) is 0 Å². The number of hydrogen-bond acceptors (Lipinski definition) is 1. The zero-order valence-corrected chi connectivity index (χ0v) is 8.10. The molecule has 0 radical (unpaired) electrons. The summed E-state index contributed by atoms with van der Waals surface area (Å²) in [6, 6.07) is 5.15. The largest absolute Gasteiger partial charge is 0.363 e. The Morgan fingerprint density at radius 2 is 2.08 bits per heavy atom. The molecule has 0 spiro atoms. The SMILES string of the molecule is CC1OC(C)(C)c2c(F)cccc21. The molecule has 1 aromatic rings. The van der Waals surface area contributed by atoms with Crippen LogP contribution >= 0.6 is 0 Å². The quantitative estimate of drug-likeness (QED) is 0.596. The van der Waals surface area contributed by atoms with Gasteiger partial charge in [0.2, 0.25) is 0 Å². The van der Waals surface area contributed by atoms with Crippen LogP contribution < -0.4 is 0 Å². The predicted molar refractivity (Wildman–Crippen MR) is 48.9 cm³/mol. The molecular weight excluding hydrogens is 167 g/mol. The Hall–Kier alpha value is -0.890. The van der Waals surface area contributed by atoms with E-state index in [9.17, 15) is 4.39 Å². The molecular formula is C11H13FO. The molecule has 1 aliphatic heterocycles. The molecule has 0 N–H and O–H groups in total. The molecule has 0 bridgehead atoms. The van der Waals surface area contributed by atoms with Crippen molar-refractivity contribution in [3.8, 4) is 0 Å². The maximum atomic E-state index is 13.5. The lowest BCUT2D eigenvalue weighted by atomic mass is 9.94. The predicted octanol–water partition coefficient (Wildman–Crippen LogP) is 3.15. The Morgan fingerprint density at radius 3 is 2.69 bits per heavy atom. The average Bonchev–Trinajstić information content (AvgIpc) is 2.24. The van der Waals surface area contributed by atoms with Crippen molar-refractivity contribution in [1.29, 1.82) is 0 Å². The van der Waals surface area contributed by atoms with Gasteiger partial charge in [0, 0.05) is 5.56 Å². The van der Waals surface area contributed by atoms with Crippen LogP contribution in [0.1, 0.15) is 38.0 Å². The van der Waals surface area contributed by atoms with E-state index in [0.717, 1.165) is 5.56 Å². The Bertz CT molecular complexity index is 344. The highest BCUT2D eigenvalue weighted by Crippen LogP contribution is 2.43. The Labute approximate surface area is 77.5 Å². The van der Waals surface area contributed by atoms with Crippen molar-refractivity contribution < 1.29 is 9.13 Å². The van der Waals surface area contributed by atoms with Gasteiger partial charge in [-0.2, -0.15) is 0 Å². The van der Waals surface area contributed by atoms with E-state index in [-0.39, 0.29) is 11.9 Å². The third-order valence-corrected chi connectivity index (χ3v) is 2.56. The Kier molecular flexibility index (Phi) is 1.70. The molecule has 70 valence electrons. The summed E-state index contributed by atoms with van der Waals surface area (Å²) in [5.74, 6) is -0.160. The zero-order chi connectivity index (χ0) is 9.64. The van der Waals surface area contributed by atoms with E-state index in [0.29, 0.717) is 5.56 Å². The summed E-state index contributed by atoms with van der Waals surface area (Å²) < 4.78 is 19.1. The summed E-state index contributed by atoms with van der Waals surface area (Å²) in [6.07, 6.45) is 0.000648. The minimum absolute atomic E-state index is 0.000648. The molecule has 0 amide bonds. The van der Waals surface area contributed by atoms with Gasteiger partial charge in [-0.3, -0.25) is 0 Å². The minimum atomic E-state index is -0.486. The summed E-state index contributed by atoms with van der Waals surface area (Å²) in [5.41, 5.74) is 1.20. The van der Waals surface area contributed by atoms with Gasteiger partial charge in [0.25, 0.3) is 0 Å². The summed E-state index contributed by atoms with van der Waals surface area (Å²) in [4.78, 5) is 0. The highest BCUT2D eigenvalue weighted by Gasteiger charge is 2.37. The number of benzene rings is 1. The monoisotopic (exact) mass is 180 g/mol. The van der Waals surface area contributed by atoms with Crippen molar-refractivity contribution in [2.75, 3.05) is 0 Å². The average molecular weight is 180 g/mol. The van der Waals surface area contributed by atoms with Crippen molar-refractivity contribution >= 4 is 0 Å². The molecule has 1 aliphatic rings. The van der Waals surface area contributed by atoms with Crippen LogP contribution in [-0.2, 0) is 10.3 Å². The normalized spacial score (nSPS) is 24.5. The van der Waals surface area contributed by atoms with Gasteiger partial charge in [-0.15, -0.1) is 0 Å². The van der Waals surface area contributed by atoms with E-state index in [1.165, 1.54) is 6.07 Å².